The summed E-state index contributed by atoms with van der Waals surface area (Å²) in [5, 5.41) is 0. The molecule has 0 saturated carbocycles. The number of carbonyl (C=O) groups is 1. The number of nitrogens with zero attached hydrogens (tertiary/aromatic N) is 3. The highest BCUT2D eigenvalue weighted by Crippen LogP contribution is 2.37. The Balaban J connectivity index is 1.65. The van der Waals surface area contributed by atoms with Crippen molar-refractivity contribution in [3.05, 3.63) is 59.4 Å². The van der Waals surface area contributed by atoms with Crippen LogP contribution < -0.4 is 14.3 Å². The van der Waals surface area contributed by atoms with Crippen LogP contribution in [-0.2, 0) is 16.6 Å². The minimum atomic E-state index is -3.59. The highest BCUT2D eigenvalue weighted by Gasteiger charge is 2.21. The van der Waals surface area contributed by atoms with E-state index in [2.05, 4.69) is 11.6 Å². The van der Waals surface area contributed by atoms with Gasteiger partial charge in [0.1, 0.15) is 0 Å². The lowest BCUT2D eigenvalue weighted by atomic mass is 10.2. The summed E-state index contributed by atoms with van der Waals surface area (Å²) in [5.74, 6) is 0.854. The zero-order chi connectivity index (χ0) is 23.6. The highest BCUT2D eigenvalue weighted by atomic mass is 32.2. The van der Waals surface area contributed by atoms with Gasteiger partial charge in [-0.05, 0) is 30.7 Å². The Morgan fingerprint density at radius 3 is 2.61 bits per heavy atom. The second-order valence-corrected chi connectivity index (χ2v) is 10.6. The Morgan fingerprint density at radius 1 is 1.24 bits per heavy atom. The van der Waals surface area contributed by atoms with E-state index in [4.69, 9.17) is 9.47 Å². The maximum atomic E-state index is 12.9. The molecule has 0 aliphatic carbocycles. The predicted molar refractivity (Wildman–Crippen MR) is 127 cm³/mol. The summed E-state index contributed by atoms with van der Waals surface area (Å²) in [6, 6.07) is 9.63. The number of thiazole rings is 1. The summed E-state index contributed by atoms with van der Waals surface area (Å²) in [5.41, 5.74) is 1.18. The Bertz CT molecular complexity index is 1370. The minimum absolute atomic E-state index is 0.149. The van der Waals surface area contributed by atoms with Crippen molar-refractivity contribution in [1.82, 2.24) is 8.87 Å². The molecule has 1 aliphatic heterocycles. The molecular weight excluding hydrogens is 462 g/mol. The standard InChI is InChI=1S/C23H25N3O5S2/c1-4-6-12-25(3)33(28,29)17-9-7-16(8-10-17)22(27)24-23-26(11-5-2)18-13-19-20(31-15-30-19)14-21(18)32-23/h5,7-10,13-14H,2,4,6,11-12,15H2,1,3H3. The fourth-order valence-corrected chi connectivity index (χ4v) is 5.71. The van der Waals surface area contributed by atoms with E-state index in [1.807, 2.05) is 23.6 Å². The van der Waals surface area contributed by atoms with Crippen LogP contribution in [0, 0.1) is 0 Å². The van der Waals surface area contributed by atoms with Gasteiger partial charge in [-0.2, -0.15) is 4.99 Å². The zero-order valence-electron chi connectivity index (χ0n) is 18.5. The number of hydrogen-bond donors (Lipinski definition) is 0. The SMILES string of the molecule is C=CCn1c(=NC(=O)c2ccc(S(=O)(=O)N(C)CCCC)cc2)sc2cc3c(cc21)OCO3. The quantitative estimate of drug-likeness (QED) is 0.451. The topological polar surface area (TPSA) is 90.2 Å². The van der Waals surface area contributed by atoms with E-state index in [0.717, 1.165) is 23.1 Å². The molecule has 33 heavy (non-hydrogen) atoms. The van der Waals surface area contributed by atoms with Crippen molar-refractivity contribution in [3.8, 4) is 11.5 Å². The first-order valence-electron chi connectivity index (χ1n) is 10.5. The van der Waals surface area contributed by atoms with Gasteiger partial charge in [-0.25, -0.2) is 12.7 Å². The minimum Gasteiger partial charge on any atom is -0.454 e. The lowest BCUT2D eigenvalue weighted by molar-refractivity contribution is 0.0997. The van der Waals surface area contributed by atoms with Gasteiger partial charge < -0.3 is 14.0 Å². The van der Waals surface area contributed by atoms with Gasteiger partial charge in [0.25, 0.3) is 5.91 Å². The molecule has 1 aromatic heterocycles. The van der Waals surface area contributed by atoms with Crippen LogP contribution in [0.15, 0.2) is 58.9 Å². The van der Waals surface area contributed by atoms with Gasteiger partial charge in [0.05, 0.1) is 15.1 Å². The molecule has 0 spiro atoms. The number of aromatic nitrogens is 1. The second-order valence-electron chi connectivity index (χ2n) is 7.58. The number of unbranched alkanes of at least 4 members (excludes halogenated alkanes) is 1. The van der Waals surface area contributed by atoms with Gasteiger partial charge in [-0.3, -0.25) is 4.79 Å². The molecule has 0 fully saturated rings. The zero-order valence-corrected chi connectivity index (χ0v) is 20.1. The smallest absolute Gasteiger partial charge is 0.279 e. The van der Waals surface area contributed by atoms with Gasteiger partial charge in [0.2, 0.25) is 16.8 Å². The molecule has 3 aromatic rings. The van der Waals surface area contributed by atoms with Crippen LogP contribution in [0.3, 0.4) is 0 Å². The number of amides is 1. The highest BCUT2D eigenvalue weighted by molar-refractivity contribution is 7.89. The van der Waals surface area contributed by atoms with Crippen molar-refractivity contribution in [2.24, 2.45) is 4.99 Å². The molecule has 0 radical (unpaired) electrons. The fraction of sp³-hybridized carbons (Fsp3) is 0.304. The summed E-state index contributed by atoms with van der Waals surface area (Å²) in [7, 11) is -2.03. The monoisotopic (exact) mass is 487 g/mol. The first-order valence-corrected chi connectivity index (χ1v) is 12.8. The molecule has 10 heteroatoms. The van der Waals surface area contributed by atoms with E-state index in [1.54, 1.807) is 13.1 Å². The number of allylic oxidation sites excluding steroid dienone is 1. The van der Waals surface area contributed by atoms with E-state index in [-0.39, 0.29) is 11.7 Å². The number of carbonyl (C=O) groups excluding carboxylic acids is 1. The lowest BCUT2D eigenvalue weighted by Gasteiger charge is -2.16. The van der Waals surface area contributed by atoms with E-state index in [0.29, 0.717) is 35.0 Å². The van der Waals surface area contributed by atoms with E-state index >= 15 is 0 Å². The average molecular weight is 488 g/mol. The van der Waals surface area contributed by atoms with E-state index in [9.17, 15) is 13.2 Å². The summed E-state index contributed by atoms with van der Waals surface area (Å²) < 4.78 is 40.4. The van der Waals surface area contributed by atoms with Crippen molar-refractivity contribution in [2.75, 3.05) is 20.4 Å². The van der Waals surface area contributed by atoms with Gasteiger partial charge in [-0.15, -0.1) is 6.58 Å². The molecule has 4 rings (SSSR count). The van der Waals surface area contributed by atoms with Crippen molar-refractivity contribution in [1.29, 1.82) is 0 Å². The largest absolute Gasteiger partial charge is 0.454 e. The Labute approximate surface area is 196 Å². The summed E-state index contributed by atoms with van der Waals surface area (Å²) in [6.45, 7) is 6.90. The normalized spacial score (nSPS) is 13.7. The van der Waals surface area contributed by atoms with E-state index in [1.165, 1.54) is 39.9 Å². The van der Waals surface area contributed by atoms with Crippen molar-refractivity contribution >= 4 is 37.5 Å². The fourth-order valence-electron chi connectivity index (χ4n) is 3.45. The Hall–Kier alpha value is -2.95. The number of rotatable bonds is 8. The molecule has 2 aromatic carbocycles. The maximum Gasteiger partial charge on any atom is 0.279 e. The summed E-state index contributed by atoms with van der Waals surface area (Å²) in [4.78, 5) is 17.8. The molecule has 0 N–H and O–H groups in total. The molecule has 2 heterocycles. The third-order valence-electron chi connectivity index (χ3n) is 5.32. The van der Waals surface area contributed by atoms with Gasteiger partial charge in [0, 0.05) is 37.8 Å². The number of benzene rings is 2. The Kier molecular flexibility index (Phi) is 6.68. The van der Waals surface area contributed by atoms with Crippen LogP contribution in [0.4, 0.5) is 0 Å². The summed E-state index contributed by atoms with van der Waals surface area (Å²) >= 11 is 1.36. The van der Waals surface area contributed by atoms with Crippen LogP contribution in [0.2, 0.25) is 0 Å². The van der Waals surface area contributed by atoms with Crippen LogP contribution in [0.25, 0.3) is 10.2 Å². The number of sulfonamides is 1. The lowest BCUT2D eigenvalue weighted by Crippen LogP contribution is -2.27. The molecule has 1 amide bonds. The third kappa shape index (κ3) is 4.59. The number of hydrogen-bond acceptors (Lipinski definition) is 6. The second kappa shape index (κ2) is 9.50. The molecule has 174 valence electrons. The first-order chi connectivity index (χ1) is 15.8. The van der Waals surface area contributed by atoms with E-state index < -0.39 is 15.9 Å². The van der Waals surface area contributed by atoms with Crippen molar-refractivity contribution in [2.45, 2.75) is 31.2 Å². The molecular formula is C23H25N3O5S2. The van der Waals surface area contributed by atoms with Gasteiger partial charge in [0.15, 0.2) is 16.3 Å². The average Bonchev–Trinajstić information content (AvgIpc) is 3.40. The molecule has 1 aliphatic rings. The van der Waals surface area contributed by atoms with Gasteiger partial charge >= 0.3 is 0 Å². The van der Waals surface area contributed by atoms with Crippen LogP contribution in [0.1, 0.15) is 30.1 Å². The Morgan fingerprint density at radius 2 is 1.94 bits per heavy atom. The first kappa shape index (κ1) is 23.2. The van der Waals surface area contributed by atoms with Crippen molar-refractivity contribution < 1.29 is 22.7 Å². The molecule has 0 unspecified atom stereocenters. The number of ether oxygens (including phenoxy) is 2. The number of fused-ring (bicyclic) bond motifs is 2. The van der Waals surface area contributed by atoms with Crippen LogP contribution in [0.5, 0.6) is 11.5 Å². The molecule has 0 atom stereocenters. The third-order valence-corrected chi connectivity index (χ3v) is 8.23. The maximum absolute atomic E-state index is 12.9. The molecule has 8 nitrogen and oxygen atoms in total. The molecule has 0 bridgehead atoms. The van der Waals surface area contributed by atoms with Crippen LogP contribution >= 0.6 is 11.3 Å². The van der Waals surface area contributed by atoms with Gasteiger partial charge in [-0.1, -0.05) is 30.8 Å². The predicted octanol–water partition coefficient (Wildman–Crippen LogP) is 3.78. The summed E-state index contributed by atoms with van der Waals surface area (Å²) in [6.07, 6.45) is 3.42. The van der Waals surface area contributed by atoms with Crippen molar-refractivity contribution in [3.63, 3.8) is 0 Å². The molecule has 0 saturated heterocycles. The van der Waals surface area contributed by atoms with Crippen LogP contribution in [-0.4, -0.2) is 43.6 Å².